The van der Waals surface area contributed by atoms with Gasteiger partial charge in [0.25, 0.3) is 0 Å². The van der Waals surface area contributed by atoms with Crippen molar-refractivity contribution in [1.82, 2.24) is 4.57 Å². The van der Waals surface area contributed by atoms with Crippen LogP contribution in [0.4, 0.5) is 0 Å². The van der Waals surface area contributed by atoms with Crippen molar-refractivity contribution in [2.45, 2.75) is 19.9 Å². The largest absolute Gasteiger partial charge is 0.341 e. The molecular weight excluding hydrogens is 170 g/mol. The molecule has 1 aromatic heterocycles. The van der Waals surface area contributed by atoms with Crippen LogP contribution in [-0.4, -0.2) is 4.57 Å². The van der Waals surface area contributed by atoms with Gasteiger partial charge in [0.15, 0.2) is 0 Å². The average Bonchev–Trinajstić information content (AvgIpc) is 2.54. The van der Waals surface area contributed by atoms with Gasteiger partial charge in [-0.3, -0.25) is 0 Å². The van der Waals surface area contributed by atoms with Gasteiger partial charge in [-0.25, -0.2) is 0 Å². The van der Waals surface area contributed by atoms with Gasteiger partial charge in [0.2, 0.25) is 0 Å². The molecule has 70 valence electrons. The lowest BCUT2D eigenvalue weighted by atomic mass is 10.1. The molecule has 0 radical (unpaired) electrons. The maximum absolute atomic E-state index is 2.41. The van der Waals surface area contributed by atoms with Crippen LogP contribution in [0.15, 0.2) is 35.9 Å². The van der Waals surface area contributed by atoms with Crippen LogP contribution in [0.5, 0.6) is 0 Å². The van der Waals surface area contributed by atoms with Crippen molar-refractivity contribution in [3.05, 3.63) is 41.6 Å². The van der Waals surface area contributed by atoms with Crippen LogP contribution in [0.25, 0.3) is 17.0 Å². The Hall–Kier alpha value is -1.50. The molecule has 0 fully saturated rings. The Morgan fingerprint density at radius 2 is 2.07 bits per heavy atom. The Balaban J connectivity index is 2.35. The summed E-state index contributed by atoms with van der Waals surface area (Å²) in [5.74, 6) is 0. The summed E-state index contributed by atoms with van der Waals surface area (Å²) in [5.41, 5.74) is 4.21. The Morgan fingerprint density at radius 1 is 1.21 bits per heavy atom. The van der Waals surface area contributed by atoms with E-state index in [0.717, 1.165) is 6.54 Å². The number of benzene rings is 1. The first-order valence-corrected chi connectivity index (χ1v) is 5.10. The Bertz CT molecular complexity index is 517. The molecule has 0 unspecified atom stereocenters. The molecule has 0 bridgehead atoms. The summed E-state index contributed by atoms with van der Waals surface area (Å²) in [6.45, 7) is 3.34. The van der Waals surface area contributed by atoms with Crippen LogP contribution >= 0.6 is 0 Å². The summed E-state index contributed by atoms with van der Waals surface area (Å²) >= 11 is 0. The van der Waals surface area contributed by atoms with Gasteiger partial charge in [0, 0.05) is 23.1 Å². The fourth-order valence-corrected chi connectivity index (χ4v) is 2.21. The van der Waals surface area contributed by atoms with E-state index in [2.05, 4.69) is 47.9 Å². The van der Waals surface area contributed by atoms with Crippen LogP contribution in [-0.2, 0) is 6.54 Å². The second-order valence-corrected chi connectivity index (χ2v) is 4.02. The first-order chi connectivity index (χ1) is 6.84. The molecule has 2 aromatic rings. The average molecular weight is 183 g/mol. The molecular formula is C13H13N. The molecule has 0 saturated carbocycles. The SMILES string of the molecule is CC1=Cc2cc3ccccc3n2CC1. The van der Waals surface area contributed by atoms with Gasteiger partial charge >= 0.3 is 0 Å². The summed E-state index contributed by atoms with van der Waals surface area (Å²) in [6, 6.07) is 10.9. The van der Waals surface area contributed by atoms with E-state index in [1.54, 1.807) is 0 Å². The van der Waals surface area contributed by atoms with E-state index < -0.39 is 0 Å². The topological polar surface area (TPSA) is 4.93 Å². The van der Waals surface area contributed by atoms with Crippen LogP contribution in [0, 0.1) is 0 Å². The number of hydrogen-bond donors (Lipinski definition) is 0. The molecule has 0 saturated heterocycles. The van der Waals surface area contributed by atoms with Crippen molar-refractivity contribution >= 4 is 17.0 Å². The molecule has 0 N–H and O–H groups in total. The predicted molar refractivity (Wildman–Crippen MR) is 60.2 cm³/mol. The highest BCUT2D eigenvalue weighted by atomic mass is 15.0. The van der Waals surface area contributed by atoms with Crippen molar-refractivity contribution in [2.75, 3.05) is 0 Å². The number of nitrogens with zero attached hydrogens (tertiary/aromatic N) is 1. The fraction of sp³-hybridized carbons (Fsp3) is 0.231. The van der Waals surface area contributed by atoms with Gasteiger partial charge in [0.05, 0.1) is 0 Å². The highest BCUT2D eigenvalue weighted by Gasteiger charge is 2.10. The second kappa shape index (κ2) is 2.74. The van der Waals surface area contributed by atoms with E-state index in [1.807, 2.05) is 0 Å². The number of fused-ring (bicyclic) bond motifs is 3. The van der Waals surface area contributed by atoms with Crippen LogP contribution in [0.2, 0.25) is 0 Å². The standard InChI is InChI=1S/C13H13N/c1-10-6-7-14-12(8-10)9-11-4-2-3-5-13(11)14/h2-5,8-9H,6-7H2,1H3. The normalized spacial score (nSPS) is 15.4. The highest BCUT2D eigenvalue weighted by Crippen LogP contribution is 2.26. The molecule has 0 atom stereocenters. The number of aromatic nitrogens is 1. The van der Waals surface area contributed by atoms with Crippen molar-refractivity contribution in [3.63, 3.8) is 0 Å². The molecule has 1 aliphatic rings. The van der Waals surface area contributed by atoms with Crippen molar-refractivity contribution in [1.29, 1.82) is 0 Å². The van der Waals surface area contributed by atoms with Crippen molar-refractivity contribution in [2.24, 2.45) is 0 Å². The fourth-order valence-electron chi connectivity index (χ4n) is 2.21. The van der Waals surface area contributed by atoms with Gasteiger partial charge in [-0.1, -0.05) is 23.8 Å². The summed E-state index contributed by atoms with van der Waals surface area (Å²) < 4.78 is 2.41. The van der Waals surface area contributed by atoms with Gasteiger partial charge in [-0.15, -0.1) is 0 Å². The summed E-state index contributed by atoms with van der Waals surface area (Å²) in [7, 11) is 0. The first kappa shape index (κ1) is 7.86. The lowest BCUT2D eigenvalue weighted by Crippen LogP contribution is -2.04. The highest BCUT2D eigenvalue weighted by molar-refractivity contribution is 5.84. The smallest absolute Gasteiger partial charge is 0.0485 e. The Labute approximate surface area is 83.7 Å². The summed E-state index contributed by atoms with van der Waals surface area (Å²) in [4.78, 5) is 0. The van der Waals surface area contributed by atoms with Gasteiger partial charge in [0.1, 0.15) is 0 Å². The van der Waals surface area contributed by atoms with E-state index in [9.17, 15) is 0 Å². The van der Waals surface area contributed by atoms with Crippen LogP contribution in [0.1, 0.15) is 19.0 Å². The molecule has 1 nitrogen and oxygen atoms in total. The molecule has 1 aliphatic heterocycles. The van der Waals surface area contributed by atoms with E-state index in [4.69, 9.17) is 0 Å². The molecule has 3 rings (SSSR count). The third-order valence-electron chi connectivity index (χ3n) is 2.97. The molecule has 1 heteroatoms. The molecule has 14 heavy (non-hydrogen) atoms. The van der Waals surface area contributed by atoms with Crippen LogP contribution in [0.3, 0.4) is 0 Å². The third-order valence-corrected chi connectivity index (χ3v) is 2.97. The number of aryl methyl sites for hydroxylation is 1. The minimum atomic E-state index is 1.13. The lowest BCUT2D eigenvalue weighted by Gasteiger charge is -2.14. The minimum absolute atomic E-state index is 1.13. The lowest BCUT2D eigenvalue weighted by molar-refractivity contribution is 0.697. The van der Waals surface area contributed by atoms with E-state index in [1.165, 1.54) is 28.6 Å². The Morgan fingerprint density at radius 3 is 3.00 bits per heavy atom. The molecule has 0 amide bonds. The second-order valence-electron chi connectivity index (χ2n) is 4.02. The molecule has 0 spiro atoms. The molecule has 1 aromatic carbocycles. The molecule has 0 aliphatic carbocycles. The number of rotatable bonds is 0. The monoisotopic (exact) mass is 183 g/mol. The zero-order chi connectivity index (χ0) is 9.54. The van der Waals surface area contributed by atoms with Crippen LogP contribution < -0.4 is 0 Å². The van der Waals surface area contributed by atoms with Gasteiger partial charge < -0.3 is 4.57 Å². The minimum Gasteiger partial charge on any atom is -0.341 e. The van der Waals surface area contributed by atoms with E-state index >= 15 is 0 Å². The quantitative estimate of drug-likeness (QED) is 0.589. The van der Waals surface area contributed by atoms with Crippen molar-refractivity contribution in [3.8, 4) is 0 Å². The zero-order valence-electron chi connectivity index (χ0n) is 8.33. The number of hydrogen-bond acceptors (Lipinski definition) is 0. The predicted octanol–water partition coefficient (Wildman–Crippen LogP) is 3.45. The van der Waals surface area contributed by atoms with E-state index in [0.29, 0.717) is 0 Å². The van der Waals surface area contributed by atoms with Gasteiger partial charge in [-0.2, -0.15) is 0 Å². The Kier molecular flexibility index (Phi) is 1.54. The maximum Gasteiger partial charge on any atom is 0.0485 e. The first-order valence-electron chi connectivity index (χ1n) is 5.10. The third kappa shape index (κ3) is 1.02. The summed E-state index contributed by atoms with van der Waals surface area (Å²) in [6.07, 6.45) is 3.48. The summed E-state index contributed by atoms with van der Waals surface area (Å²) in [5, 5.41) is 1.36. The van der Waals surface area contributed by atoms with Crippen molar-refractivity contribution < 1.29 is 0 Å². The molecule has 2 heterocycles. The zero-order valence-corrected chi connectivity index (χ0v) is 8.33. The maximum atomic E-state index is 2.41. The van der Waals surface area contributed by atoms with Gasteiger partial charge in [-0.05, 0) is 31.6 Å². The number of allylic oxidation sites excluding steroid dienone is 1. The number of para-hydroxylation sites is 1. The van der Waals surface area contributed by atoms with E-state index in [-0.39, 0.29) is 0 Å².